The molecule has 1 saturated carbocycles. The molecule has 0 atom stereocenters. The van der Waals surface area contributed by atoms with Crippen LogP contribution in [-0.2, 0) is 0 Å². The van der Waals surface area contributed by atoms with E-state index in [0.29, 0.717) is 11.5 Å². The molecule has 25 heavy (non-hydrogen) atoms. The van der Waals surface area contributed by atoms with E-state index in [4.69, 9.17) is 4.74 Å². The third-order valence-corrected chi connectivity index (χ3v) is 5.08. The van der Waals surface area contributed by atoms with Crippen LogP contribution in [0.2, 0.25) is 0 Å². The highest BCUT2D eigenvalue weighted by molar-refractivity contribution is 5.91. The van der Waals surface area contributed by atoms with E-state index >= 15 is 0 Å². The lowest BCUT2D eigenvalue weighted by Crippen LogP contribution is -2.12. The predicted molar refractivity (Wildman–Crippen MR) is 92.9 cm³/mol. The zero-order valence-corrected chi connectivity index (χ0v) is 14.5. The molecule has 3 rings (SSSR count). The van der Waals surface area contributed by atoms with Crippen LogP contribution in [0.15, 0.2) is 36.4 Å². The second-order valence-corrected chi connectivity index (χ2v) is 6.98. The van der Waals surface area contributed by atoms with E-state index in [2.05, 4.69) is 6.92 Å². The highest BCUT2D eigenvalue weighted by atomic mass is 19.2. The highest BCUT2D eigenvalue weighted by Crippen LogP contribution is 2.35. The summed E-state index contributed by atoms with van der Waals surface area (Å²) in [5.74, 6) is -1.89. The summed E-state index contributed by atoms with van der Waals surface area (Å²) in [5, 5.41) is 0. The molecule has 0 heterocycles. The first-order chi connectivity index (χ1) is 12.0. The standard InChI is InChI=1S/C21H22F2O2/c1-13-3-6-15(7-4-13)16-8-10-17(11-9-16)21(24)25-18-12-5-14(2)19(22)20(18)23/h5,8-13,15H,3-4,6-7H2,1-2H3. The maximum Gasteiger partial charge on any atom is 0.343 e. The van der Waals surface area contributed by atoms with E-state index in [1.165, 1.54) is 50.3 Å². The van der Waals surface area contributed by atoms with Crippen molar-refractivity contribution in [3.8, 4) is 5.75 Å². The lowest BCUT2D eigenvalue weighted by atomic mass is 9.79. The number of benzene rings is 2. The van der Waals surface area contributed by atoms with Gasteiger partial charge in [-0.25, -0.2) is 9.18 Å². The Labute approximate surface area is 146 Å². The number of rotatable bonds is 3. The molecule has 0 bridgehead atoms. The van der Waals surface area contributed by atoms with Crippen LogP contribution in [0.4, 0.5) is 8.78 Å². The molecule has 0 amide bonds. The van der Waals surface area contributed by atoms with Crippen LogP contribution in [0.25, 0.3) is 0 Å². The number of carbonyl (C=O) groups excluding carboxylic acids is 1. The first-order valence-electron chi connectivity index (χ1n) is 8.72. The van der Waals surface area contributed by atoms with Gasteiger partial charge in [0, 0.05) is 0 Å². The average molecular weight is 344 g/mol. The highest BCUT2D eigenvalue weighted by Gasteiger charge is 2.20. The van der Waals surface area contributed by atoms with E-state index in [1.54, 1.807) is 12.1 Å². The number of aryl methyl sites for hydroxylation is 1. The molecular weight excluding hydrogens is 322 g/mol. The molecule has 2 nitrogen and oxygen atoms in total. The van der Waals surface area contributed by atoms with E-state index in [1.807, 2.05) is 12.1 Å². The lowest BCUT2D eigenvalue weighted by Gasteiger charge is -2.26. The first-order valence-corrected chi connectivity index (χ1v) is 8.72. The van der Waals surface area contributed by atoms with Crippen molar-refractivity contribution in [3.63, 3.8) is 0 Å². The molecule has 0 aliphatic heterocycles. The fraction of sp³-hybridized carbons (Fsp3) is 0.381. The summed E-state index contributed by atoms with van der Waals surface area (Å²) < 4.78 is 32.4. The molecule has 1 aliphatic carbocycles. The van der Waals surface area contributed by atoms with Crippen LogP contribution in [0.5, 0.6) is 5.75 Å². The van der Waals surface area contributed by atoms with Gasteiger partial charge in [-0.15, -0.1) is 0 Å². The van der Waals surface area contributed by atoms with Gasteiger partial charge < -0.3 is 4.74 Å². The van der Waals surface area contributed by atoms with Crippen molar-refractivity contribution < 1.29 is 18.3 Å². The van der Waals surface area contributed by atoms with Crippen molar-refractivity contribution in [2.24, 2.45) is 5.92 Å². The maximum absolute atomic E-state index is 13.8. The zero-order chi connectivity index (χ0) is 18.0. The minimum atomic E-state index is -1.14. The van der Waals surface area contributed by atoms with Gasteiger partial charge in [0.25, 0.3) is 0 Å². The summed E-state index contributed by atoms with van der Waals surface area (Å²) in [6.45, 7) is 3.73. The van der Waals surface area contributed by atoms with Crippen molar-refractivity contribution >= 4 is 5.97 Å². The first kappa shape index (κ1) is 17.6. The van der Waals surface area contributed by atoms with Gasteiger partial charge in [-0.2, -0.15) is 4.39 Å². The van der Waals surface area contributed by atoms with E-state index in [-0.39, 0.29) is 5.56 Å². The van der Waals surface area contributed by atoms with Crippen LogP contribution in [0.1, 0.15) is 60.0 Å². The van der Waals surface area contributed by atoms with Crippen molar-refractivity contribution in [1.82, 2.24) is 0 Å². The molecule has 2 aromatic rings. The summed E-state index contributed by atoms with van der Waals surface area (Å²) >= 11 is 0. The van der Waals surface area contributed by atoms with Gasteiger partial charge in [0.1, 0.15) is 0 Å². The molecule has 0 N–H and O–H groups in total. The fourth-order valence-corrected chi connectivity index (χ4v) is 3.35. The molecule has 1 fully saturated rings. The summed E-state index contributed by atoms with van der Waals surface area (Å²) in [7, 11) is 0. The Bertz CT molecular complexity index is 760. The number of hydrogen-bond donors (Lipinski definition) is 0. The third-order valence-electron chi connectivity index (χ3n) is 5.08. The molecule has 4 heteroatoms. The number of esters is 1. The number of ether oxygens (including phenoxy) is 1. The minimum Gasteiger partial charge on any atom is -0.420 e. The normalized spacial score (nSPS) is 20.3. The molecule has 0 unspecified atom stereocenters. The predicted octanol–water partition coefficient (Wildman–Crippen LogP) is 5.79. The molecule has 0 spiro atoms. The van der Waals surface area contributed by atoms with Gasteiger partial charge >= 0.3 is 5.97 Å². The molecule has 0 radical (unpaired) electrons. The Hall–Kier alpha value is -2.23. The largest absolute Gasteiger partial charge is 0.420 e. The molecule has 2 aromatic carbocycles. The van der Waals surface area contributed by atoms with Crippen LogP contribution < -0.4 is 4.74 Å². The van der Waals surface area contributed by atoms with Crippen molar-refractivity contribution in [1.29, 1.82) is 0 Å². The summed E-state index contributed by atoms with van der Waals surface area (Å²) in [4.78, 5) is 12.2. The number of hydrogen-bond acceptors (Lipinski definition) is 2. The van der Waals surface area contributed by atoms with Gasteiger partial charge in [-0.3, -0.25) is 0 Å². The topological polar surface area (TPSA) is 26.3 Å². The van der Waals surface area contributed by atoms with Crippen LogP contribution in [-0.4, -0.2) is 5.97 Å². The van der Waals surface area contributed by atoms with Crippen molar-refractivity contribution in [2.75, 3.05) is 0 Å². The molecule has 132 valence electrons. The van der Waals surface area contributed by atoms with Crippen LogP contribution in [0, 0.1) is 24.5 Å². The van der Waals surface area contributed by atoms with Gasteiger partial charge in [-0.1, -0.05) is 38.0 Å². The summed E-state index contributed by atoms with van der Waals surface area (Å²) in [5.41, 5.74) is 1.72. The molecule has 0 saturated heterocycles. The van der Waals surface area contributed by atoms with Gasteiger partial charge in [-0.05, 0) is 60.9 Å². The van der Waals surface area contributed by atoms with Gasteiger partial charge in [0.05, 0.1) is 5.56 Å². The Morgan fingerprint density at radius 3 is 2.24 bits per heavy atom. The summed E-state index contributed by atoms with van der Waals surface area (Å²) in [6.07, 6.45) is 4.79. The second-order valence-electron chi connectivity index (χ2n) is 6.98. The van der Waals surface area contributed by atoms with E-state index in [0.717, 1.165) is 5.92 Å². The quantitative estimate of drug-likeness (QED) is 0.521. The smallest absolute Gasteiger partial charge is 0.343 e. The Morgan fingerprint density at radius 1 is 0.960 bits per heavy atom. The zero-order valence-electron chi connectivity index (χ0n) is 14.5. The molecule has 0 aromatic heterocycles. The SMILES string of the molecule is Cc1ccc(OC(=O)c2ccc(C3CCC(C)CC3)cc2)c(F)c1F. The van der Waals surface area contributed by atoms with Crippen LogP contribution in [0.3, 0.4) is 0 Å². The van der Waals surface area contributed by atoms with E-state index in [9.17, 15) is 13.6 Å². The number of carbonyl (C=O) groups is 1. The van der Waals surface area contributed by atoms with Gasteiger partial charge in [0.2, 0.25) is 5.82 Å². The Balaban J connectivity index is 1.70. The maximum atomic E-state index is 13.8. The lowest BCUT2D eigenvalue weighted by molar-refractivity contribution is 0.0726. The Morgan fingerprint density at radius 2 is 1.60 bits per heavy atom. The summed E-state index contributed by atoms with van der Waals surface area (Å²) in [6, 6.07) is 9.90. The van der Waals surface area contributed by atoms with Gasteiger partial charge in [0.15, 0.2) is 11.6 Å². The monoisotopic (exact) mass is 344 g/mol. The van der Waals surface area contributed by atoms with Crippen molar-refractivity contribution in [2.45, 2.75) is 45.4 Å². The number of halogens is 2. The molecular formula is C21H22F2O2. The van der Waals surface area contributed by atoms with E-state index < -0.39 is 23.4 Å². The van der Waals surface area contributed by atoms with Crippen molar-refractivity contribution in [3.05, 3.63) is 64.7 Å². The average Bonchev–Trinajstić information content (AvgIpc) is 2.63. The third kappa shape index (κ3) is 3.89. The second kappa shape index (κ2) is 7.34. The fourth-order valence-electron chi connectivity index (χ4n) is 3.35. The van der Waals surface area contributed by atoms with Crippen LogP contribution >= 0.6 is 0 Å². The minimum absolute atomic E-state index is 0.170. The molecule has 1 aliphatic rings. The Kier molecular flexibility index (Phi) is 5.16.